The van der Waals surface area contributed by atoms with Crippen LogP contribution in [0.1, 0.15) is 58.8 Å². The minimum atomic E-state index is 0.275. The Kier molecular flexibility index (Phi) is 5.88. The van der Waals surface area contributed by atoms with Gasteiger partial charge in [-0.05, 0) is 51.6 Å². The lowest BCUT2D eigenvalue weighted by Crippen LogP contribution is -2.61. The molecule has 0 bridgehead atoms. The molecule has 2 heterocycles. The molecule has 0 aromatic rings. The Morgan fingerprint density at radius 1 is 1.20 bits per heavy atom. The van der Waals surface area contributed by atoms with E-state index in [-0.39, 0.29) is 5.54 Å². The molecule has 2 aliphatic rings. The quantitative estimate of drug-likeness (QED) is 0.812. The summed E-state index contributed by atoms with van der Waals surface area (Å²) in [6.07, 6.45) is 9.22. The second kappa shape index (κ2) is 7.24. The molecule has 0 aliphatic carbocycles. The molecule has 0 amide bonds. The van der Waals surface area contributed by atoms with Crippen LogP contribution in [0.3, 0.4) is 0 Å². The number of nitrogens with zero attached hydrogens (tertiary/aromatic N) is 2. The van der Waals surface area contributed by atoms with Crippen molar-refractivity contribution in [3.8, 4) is 0 Å². The van der Waals surface area contributed by atoms with E-state index >= 15 is 0 Å². The van der Waals surface area contributed by atoms with Crippen LogP contribution in [0.4, 0.5) is 0 Å². The van der Waals surface area contributed by atoms with Gasteiger partial charge in [0.15, 0.2) is 0 Å². The summed E-state index contributed by atoms with van der Waals surface area (Å²) in [5, 5.41) is 0. The highest BCUT2D eigenvalue weighted by Gasteiger charge is 2.41. The number of fused-ring (bicyclic) bond motifs is 1. The van der Waals surface area contributed by atoms with Gasteiger partial charge in [-0.2, -0.15) is 0 Å². The summed E-state index contributed by atoms with van der Waals surface area (Å²) in [5.74, 6) is 0.876. The molecule has 20 heavy (non-hydrogen) atoms. The van der Waals surface area contributed by atoms with Gasteiger partial charge in [0.2, 0.25) is 0 Å². The van der Waals surface area contributed by atoms with Gasteiger partial charge in [0.05, 0.1) is 0 Å². The summed E-state index contributed by atoms with van der Waals surface area (Å²) in [7, 11) is 2.32. The van der Waals surface area contributed by atoms with Crippen LogP contribution >= 0.6 is 0 Å². The molecule has 118 valence electrons. The lowest BCUT2D eigenvalue weighted by molar-refractivity contribution is -0.0199. The van der Waals surface area contributed by atoms with Gasteiger partial charge in [0, 0.05) is 31.2 Å². The fraction of sp³-hybridized carbons (Fsp3) is 1.00. The number of rotatable bonds is 6. The smallest absolute Gasteiger partial charge is 0.0329 e. The van der Waals surface area contributed by atoms with Gasteiger partial charge in [0.1, 0.15) is 0 Å². The van der Waals surface area contributed by atoms with Crippen LogP contribution in [0.2, 0.25) is 0 Å². The summed E-state index contributed by atoms with van der Waals surface area (Å²) in [6.45, 7) is 9.29. The highest BCUT2D eigenvalue weighted by Crippen LogP contribution is 2.35. The van der Waals surface area contributed by atoms with Gasteiger partial charge < -0.3 is 10.6 Å². The van der Waals surface area contributed by atoms with E-state index in [0.29, 0.717) is 0 Å². The molecular formula is C17H35N3. The van der Waals surface area contributed by atoms with Crippen LogP contribution in [-0.2, 0) is 0 Å². The molecule has 2 fully saturated rings. The SMILES string of the molecule is CCCCC(CC)(CN)N1CCC2C(CCCN2C)C1. The van der Waals surface area contributed by atoms with Gasteiger partial charge in [-0.3, -0.25) is 4.90 Å². The van der Waals surface area contributed by atoms with E-state index < -0.39 is 0 Å². The number of unbranched alkanes of at least 4 members (excludes halogenated alkanes) is 1. The van der Waals surface area contributed by atoms with Crippen molar-refractivity contribution in [2.75, 3.05) is 33.2 Å². The number of likely N-dealkylation sites (tertiary alicyclic amines) is 2. The van der Waals surface area contributed by atoms with Crippen molar-refractivity contribution >= 4 is 0 Å². The van der Waals surface area contributed by atoms with Gasteiger partial charge in [-0.25, -0.2) is 0 Å². The summed E-state index contributed by atoms with van der Waals surface area (Å²) >= 11 is 0. The second-order valence-electron chi connectivity index (χ2n) is 7.07. The first-order valence-corrected chi connectivity index (χ1v) is 8.82. The maximum atomic E-state index is 6.23. The van der Waals surface area contributed by atoms with Crippen molar-refractivity contribution in [2.45, 2.75) is 70.4 Å². The summed E-state index contributed by atoms with van der Waals surface area (Å²) < 4.78 is 0. The maximum absolute atomic E-state index is 6.23. The zero-order chi connectivity index (χ0) is 14.6. The normalized spacial score (nSPS) is 31.8. The Morgan fingerprint density at radius 2 is 2.00 bits per heavy atom. The summed E-state index contributed by atoms with van der Waals surface area (Å²) in [5.41, 5.74) is 6.51. The molecule has 3 heteroatoms. The molecular weight excluding hydrogens is 246 g/mol. The largest absolute Gasteiger partial charge is 0.329 e. The Morgan fingerprint density at radius 3 is 2.65 bits per heavy atom. The third-order valence-electron chi connectivity index (χ3n) is 6.05. The van der Waals surface area contributed by atoms with Crippen molar-refractivity contribution in [1.82, 2.24) is 9.80 Å². The predicted molar refractivity (Wildman–Crippen MR) is 86.9 cm³/mol. The molecule has 2 N–H and O–H groups in total. The fourth-order valence-corrected chi connectivity index (χ4v) is 4.52. The van der Waals surface area contributed by atoms with Crippen molar-refractivity contribution in [1.29, 1.82) is 0 Å². The molecule has 3 nitrogen and oxygen atoms in total. The number of piperidine rings is 2. The molecule has 0 saturated carbocycles. The third kappa shape index (κ3) is 3.20. The standard InChI is InChI=1S/C17H35N3/c1-4-6-10-17(5-2,14-18)20-12-9-16-15(13-20)8-7-11-19(16)3/h15-16H,4-14,18H2,1-3H3. The second-order valence-corrected chi connectivity index (χ2v) is 7.07. The first-order chi connectivity index (χ1) is 9.66. The van der Waals surface area contributed by atoms with Crippen LogP contribution in [0.5, 0.6) is 0 Å². The topological polar surface area (TPSA) is 32.5 Å². The first-order valence-electron chi connectivity index (χ1n) is 8.82. The lowest BCUT2D eigenvalue weighted by Gasteiger charge is -2.52. The van der Waals surface area contributed by atoms with Crippen LogP contribution in [-0.4, -0.2) is 54.6 Å². The molecule has 3 unspecified atom stereocenters. The Bertz CT molecular complexity index is 288. The first kappa shape index (κ1) is 16.3. The number of nitrogens with two attached hydrogens (primary N) is 1. The molecule has 3 atom stereocenters. The van der Waals surface area contributed by atoms with E-state index in [9.17, 15) is 0 Å². The van der Waals surface area contributed by atoms with Crippen molar-refractivity contribution in [3.05, 3.63) is 0 Å². The van der Waals surface area contributed by atoms with E-state index in [1.54, 1.807) is 0 Å². The molecule has 0 aromatic carbocycles. The van der Waals surface area contributed by atoms with Gasteiger partial charge >= 0.3 is 0 Å². The summed E-state index contributed by atoms with van der Waals surface area (Å²) in [6, 6.07) is 0.832. The zero-order valence-corrected chi connectivity index (χ0v) is 13.9. The average Bonchev–Trinajstić information content (AvgIpc) is 2.49. The van der Waals surface area contributed by atoms with Crippen molar-refractivity contribution in [3.63, 3.8) is 0 Å². The molecule has 0 aromatic heterocycles. The predicted octanol–water partition coefficient (Wildman–Crippen LogP) is 2.70. The summed E-state index contributed by atoms with van der Waals surface area (Å²) in [4.78, 5) is 5.37. The van der Waals surface area contributed by atoms with Crippen LogP contribution in [0.15, 0.2) is 0 Å². The molecule has 0 radical (unpaired) electrons. The number of hydrogen-bond acceptors (Lipinski definition) is 3. The Hall–Kier alpha value is -0.120. The third-order valence-corrected chi connectivity index (χ3v) is 6.05. The minimum Gasteiger partial charge on any atom is -0.329 e. The molecule has 0 spiro atoms. The zero-order valence-electron chi connectivity index (χ0n) is 13.9. The number of hydrogen-bond donors (Lipinski definition) is 1. The molecule has 2 aliphatic heterocycles. The molecule has 2 saturated heterocycles. The fourth-order valence-electron chi connectivity index (χ4n) is 4.52. The van der Waals surface area contributed by atoms with Crippen LogP contribution in [0, 0.1) is 5.92 Å². The monoisotopic (exact) mass is 281 g/mol. The van der Waals surface area contributed by atoms with Crippen molar-refractivity contribution in [2.24, 2.45) is 11.7 Å². The van der Waals surface area contributed by atoms with E-state index in [2.05, 4.69) is 30.7 Å². The van der Waals surface area contributed by atoms with Crippen LogP contribution < -0.4 is 5.73 Å². The highest BCUT2D eigenvalue weighted by molar-refractivity contribution is 4.97. The Balaban J connectivity index is 2.04. The Labute approximate surface area is 125 Å². The van der Waals surface area contributed by atoms with E-state index in [0.717, 1.165) is 18.5 Å². The van der Waals surface area contributed by atoms with E-state index in [1.165, 1.54) is 64.6 Å². The lowest BCUT2D eigenvalue weighted by atomic mass is 9.79. The molecule has 2 rings (SSSR count). The van der Waals surface area contributed by atoms with Gasteiger partial charge in [0.25, 0.3) is 0 Å². The van der Waals surface area contributed by atoms with Gasteiger partial charge in [-0.1, -0.05) is 26.7 Å². The maximum Gasteiger partial charge on any atom is 0.0329 e. The van der Waals surface area contributed by atoms with E-state index in [4.69, 9.17) is 5.73 Å². The highest BCUT2D eigenvalue weighted by atomic mass is 15.2. The van der Waals surface area contributed by atoms with Gasteiger partial charge in [-0.15, -0.1) is 0 Å². The van der Waals surface area contributed by atoms with Crippen molar-refractivity contribution < 1.29 is 0 Å². The van der Waals surface area contributed by atoms with Crippen LogP contribution in [0.25, 0.3) is 0 Å². The van der Waals surface area contributed by atoms with E-state index in [1.807, 2.05) is 0 Å². The minimum absolute atomic E-state index is 0.275. The average molecular weight is 281 g/mol.